The van der Waals surface area contributed by atoms with Crippen molar-refractivity contribution < 1.29 is 27.1 Å². The number of carboxylic acid groups (broad SMARTS) is 1. The Morgan fingerprint density at radius 2 is 2.00 bits per heavy atom. The van der Waals surface area contributed by atoms with Crippen molar-refractivity contribution in [3.05, 3.63) is 48.5 Å². The third kappa shape index (κ3) is 7.38. The van der Waals surface area contributed by atoms with Gasteiger partial charge in [-0.3, -0.25) is 9.35 Å². The Bertz CT molecular complexity index is 672. The molecule has 120 valence electrons. The molecule has 10 heteroatoms. The fourth-order valence-electron chi connectivity index (χ4n) is 1.31. The molecule has 0 unspecified atom stereocenters. The van der Waals surface area contributed by atoms with Gasteiger partial charge in [-0.2, -0.15) is 8.42 Å². The van der Waals surface area contributed by atoms with Gasteiger partial charge in [-0.25, -0.2) is 4.98 Å². The predicted octanol–water partition coefficient (Wildman–Crippen LogP) is 0.232. The number of aromatic nitrogens is 2. The minimum Gasteiger partial charge on any atom is -0.480 e. The number of H-pyrrole nitrogens is 1. The Balaban J connectivity index is 0.000000220. The molecule has 0 spiro atoms. The van der Waals surface area contributed by atoms with E-state index in [2.05, 4.69) is 14.2 Å². The maximum atomic E-state index is 10.3. The van der Waals surface area contributed by atoms with E-state index >= 15 is 0 Å². The van der Waals surface area contributed by atoms with Gasteiger partial charge in [0.25, 0.3) is 0 Å². The SMILES string of the molecule is N[C@@H](Cc1c[nH]cn1)C(=O)O.O=S(=O)(O)Oc1ccccc1. The lowest BCUT2D eigenvalue weighted by atomic mass is 10.2. The molecule has 2 rings (SSSR count). The number of hydrogen-bond acceptors (Lipinski definition) is 6. The molecular weight excluding hydrogens is 314 g/mol. The summed E-state index contributed by atoms with van der Waals surface area (Å²) in [6.07, 6.45) is 3.38. The van der Waals surface area contributed by atoms with E-state index in [0.29, 0.717) is 5.69 Å². The zero-order valence-corrected chi connectivity index (χ0v) is 12.1. The molecule has 0 saturated carbocycles. The van der Waals surface area contributed by atoms with Gasteiger partial charge in [0.2, 0.25) is 0 Å². The second-order valence-electron chi connectivity index (χ2n) is 4.03. The van der Waals surface area contributed by atoms with Gasteiger partial charge in [0, 0.05) is 12.6 Å². The maximum Gasteiger partial charge on any atom is 0.446 e. The molecule has 0 radical (unpaired) electrons. The molecule has 0 aliphatic heterocycles. The first-order valence-electron chi connectivity index (χ1n) is 5.96. The summed E-state index contributed by atoms with van der Waals surface area (Å²) < 4.78 is 32.6. The molecule has 5 N–H and O–H groups in total. The first-order valence-corrected chi connectivity index (χ1v) is 7.32. The number of carbonyl (C=O) groups is 1. The van der Waals surface area contributed by atoms with E-state index < -0.39 is 22.4 Å². The van der Waals surface area contributed by atoms with Crippen LogP contribution in [0.3, 0.4) is 0 Å². The van der Waals surface area contributed by atoms with Gasteiger partial charge in [0.05, 0.1) is 12.0 Å². The summed E-state index contributed by atoms with van der Waals surface area (Å²) in [4.78, 5) is 16.8. The van der Waals surface area contributed by atoms with Crippen LogP contribution in [0.4, 0.5) is 0 Å². The number of carboxylic acids is 1. The van der Waals surface area contributed by atoms with Crippen LogP contribution in [0.15, 0.2) is 42.9 Å². The van der Waals surface area contributed by atoms with Crippen LogP contribution in [0, 0.1) is 0 Å². The van der Waals surface area contributed by atoms with Gasteiger partial charge in [0.15, 0.2) is 0 Å². The summed E-state index contributed by atoms with van der Waals surface area (Å²) in [6, 6.07) is 6.89. The number of para-hydroxylation sites is 1. The number of nitrogens with zero attached hydrogens (tertiary/aromatic N) is 1. The van der Waals surface area contributed by atoms with Gasteiger partial charge in [0.1, 0.15) is 11.8 Å². The van der Waals surface area contributed by atoms with Crippen LogP contribution in [0.5, 0.6) is 5.75 Å². The topological polar surface area (TPSA) is 156 Å². The Hall–Kier alpha value is -2.43. The highest BCUT2D eigenvalue weighted by molar-refractivity contribution is 7.81. The Labute approximate surface area is 126 Å². The van der Waals surface area contributed by atoms with Gasteiger partial charge in [-0.15, -0.1) is 0 Å². The lowest BCUT2D eigenvalue weighted by Gasteiger charge is -2.01. The highest BCUT2D eigenvalue weighted by Gasteiger charge is 2.12. The van der Waals surface area contributed by atoms with E-state index in [4.69, 9.17) is 15.4 Å². The first kappa shape index (κ1) is 17.6. The summed E-state index contributed by atoms with van der Waals surface area (Å²) in [5.41, 5.74) is 5.92. The number of nitrogens with two attached hydrogens (primary N) is 1. The molecule has 9 nitrogen and oxygen atoms in total. The Morgan fingerprint density at radius 3 is 2.45 bits per heavy atom. The van der Waals surface area contributed by atoms with Crippen molar-refractivity contribution in [1.82, 2.24) is 9.97 Å². The highest BCUT2D eigenvalue weighted by atomic mass is 32.3. The van der Waals surface area contributed by atoms with E-state index in [0.717, 1.165) is 0 Å². The monoisotopic (exact) mass is 329 g/mol. The summed E-state index contributed by atoms with van der Waals surface area (Å²) in [5, 5.41) is 8.42. The standard InChI is InChI=1S/C6H9N3O2.C6H6O4S/c7-5(6(10)11)1-4-2-8-3-9-4;7-11(8,9)10-6-4-2-1-3-5-6/h2-3,5H,1,7H2,(H,8,9)(H,10,11);1-5H,(H,7,8,9)/t5-;/m0./s1. The van der Waals surface area contributed by atoms with Crippen molar-refractivity contribution in [2.75, 3.05) is 0 Å². The third-order valence-corrected chi connectivity index (χ3v) is 2.65. The van der Waals surface area contributed by atoms with E-state index in [1.165, 1.54) is 18.5 Å². The number of hydrogen-bond donors (Lipinski definition) is 4. The van der Waals surface area contributed by atoms with E-state index in [1.54, 1.807) is 24.4 Å². The van der Waals surface area contributed by atoms with Crippen LogP contribution < -0.4 is 9.92 Å². The highest BCUT2D eigenvalue weighted by Crippen LogP contribution is 2.09. The zero-order valence-electron chi connectivity index (χ0n) is 11.3. The predicted molar refractivity (Wildman–Crippen MR) is 76.5 cm³/mol. The first-order chi connectivity index (χ1) is 10.3. The molecule has 0 bridgehead atoms. The summed E-state index contributed by atoms with van der Waals surface area (Å²) >= 11 is 0. The summed E-state index contributed by atoms with van der Waals surface area (Å²) in [7, 11) is -4.38. The third-order valence-electron chi connectivity index (χ3n) is 2.25. The van der Waals surface area contributed by atoms with Crippen molar-refractivity contribution in [3.63, 3.8) is 0 Å². The van der Waals surface area contributed by atoms with Crippen molar-refractivity contribution in [3.8, 4) is 5.75 Å². The Morgan fingerprint density at radius 1 is 1.36 bits per heavy atom. The molecule has 0 aliphatic carbocycles. The maximum absolute atomic E-state index is 10.3. The van der Waals surface area contributed by atoms with Gasteiger partial charge < -0.3 is 20.0 Å². The summed E-state index contributed by atoms with van der Waals surface area (Å²) in [5.74, 6) is -0.914. The number of imidazole rings is 1. The molecular formula is C12H15N3O6S. The molecule has 0 aliphatic rings. The fourth-order valence-corrected chi connectivity index (χ4v) is 1.67. The molecule has 0 amide bonds. The normalized spacial score (nSPS) is 11.9. The molecule has 22 heavy (non-hydrogen) atoms. The molecule has 0 saturated heterocycles. The van der Waals surface area contributed by atoms with Crippen molar-refractivity contribution >= 4 is 16.4 Å². The van der Waals surface area contributed by atoms with Crippen molar-refractivity contribution in [2.45, 2.75) is 12.5 Å². The number of aromatic amines is 1. The van der Waals surface area contributed by atoms with Crippen LogP contribution in [-0.4, -0.2) is 40.1 Å². The van der Waals surface area contributed by atoms with Crippen LogP contribution in [0.25, 0.3) is 0 Å². The summed E-state index contributed by atoms with van der Waals surface area (Å²) in [6.45, 7) is 0. The van der Waals surface area contributed by atoms with Gasteiger partial charge in [-0.1, -0.05) is 18.2 Å². The van der Waals surface area contributed by atoms with Crippen molar-refractivity contribution in [1.29, 1.82) is 0 Å². The smallest absolute Gasteiger partial charge is 0.446 e. The average Bonchev–Trinajstić information content (AvgIpc) is 2.91. The number of nitrogens with one attached hydrogen (secondary N) is 1. The fraction of sp³-hybridized carbons (Fsp3) is 0.167. The molecule has 1 aromatic heterocycles. The van der Waals surface area contributed by atoms with Crippen LogP contribution >= 0.6 is 0 Å². The molecule has 1 aromatic carbocycles. The Kier molecular flexibility index (Phi) is 6.50. The van der Waals surface area contributed by atoms with E-state index in [-0.39, 0.29) is 12.2 Å². The van der Waals surface area contributed by atoms with Gasteiger partial charge in [-0.05, 0) is 12.1 Å². The largest absolute Gasteiger partial charge is 0.480 e. The van der Waals surface area contributed by atoms with E-state index in [9.17, 15) is 13.2 Å². The number of aliphatic carboxylic acids is 1. The van der Waals surface area contributed by atoms with Crippen LogP contribution in [0.2, 0.25) is 0 Å². The molecule has 0 fully saturated rings. The minimum absolute atomic E-state index is 0.0926. The quantitative estimate of drug-likeness (QED) is 0.568. The zero-order chi connectivity index (χ0) is 16.6. The minimum atomic E-state index is -4.38. The molecule has 1 heterocycles. The average molecular weight is 329 g/mol. The lowest BCUT2D eigenvalue weighted by Crippen LogP contribution is -2.32. The number of benzene rings is 1. The second-order valence-corrected chi connectivity index (χ2v) is 5.06. The lowest BCUT2D eigenvalue weighted by molar-refractivity contribution is -0.138. The van der Waals surface area contributed by atoms with Crippen molar-refractivity contribution in [2.24, 2.45) is 5.73 Å². The molecule has 2 aromatic rings. The number of rotatable bonds is 5. The molecule has 1 atom stereocenters. The van der Waals surface area contributed by atoms with Crippen LogP contribution in [0.1, 0.15) is 5.69 Å². The van der Waals surface area contributed by atoms with Crippen LogP contribution in [-0.2, 0) is 21.6 Å². The van der Waals surface area contributed by atoms with E-state index in [1.807, 2.05) is 0 Å². The van der Waals surface area contributed by atoms with Gasteiger partial charge >= 0.3 is 16.4 Å². The second kappa shape index (κ2) is 8.12.